The van der Waals surface area contributed by atoms with E-state index in [-0.39, 0.29) is 5.91 Å². The summed E-state index contributed by atoms with van der Waals surface area (Å²) in [6.07, 6.45) is 0.826. The monoisotopic (exact) mass is 318 g/mol. The van der Waals surface area contributed by atoms with Crippen LogP contribution in [0.1, 0.15) is 32.7 Å². The van der Waals surface area contributed by atoms with Gasteiger partial charge in [-0.1, -0.05) is 48.0 Å². The molecule has 0 aliphatic heterocycles. The van der Waals surface area contributed by atoms with Gasteiger partial charge in [0.15, 0.2) is 0 Å². The number of pyridine rings is 1. The van der Waals surface area contributed by atoms with Crippen LogP contribution in [-0.2, 0) is 6.42 Å². The summed E-state index contributed by atoms with van der Waals surface area (Å²) in [7, 11) is 0. The van der Waals surface area contributed by atoms with Gasteiger partial charge in [-0.05, 0) is 44.4 Å². The van der Waals surface area contributed by atoms with E-state index in [2.05, 4.69) is 41.5 Å². The number of hydrogen-bond donors (Lipinski definition) is 1. The number of carbonyl (C=O) groups excluding carboxylic acids is 1. The van der Waals surface area contributed by atoms with Crippen LogP contribution < -0.4 is 5.32 Å². The summed E-state index contributed by atoms with van der Waals surface area (Å²) in [4.78, 5) is 17.2. The number of rotatable bonds is 4. The SMILES string of the molecule is Cc1ccc(CCNC(=O)c2cc(C)nc3c(C)cccc23)cc1. The third-order valence-corrected chi connectivity index (χ3v) is 4.23. The van der Waals surface area contributed by atoms with Gasteiger partial charge in [-0.25, -0.2) is 0 Å². The van der Waals surface area contributed by atoms with Crippen molar-refractivity contribution < 1.29 is 4.79 Å². The molecule has 3 heteroatoms. The van der Waals surface area contributed by atoms with Crippen LogP contribution in [0.15, 0.2) is 48.5 Å². The third kappa shape index (κ3) is 3.46. The van der Waals surface area contributed by atoms with Gasteiger partial charge in [0.2, 0.25) is 0 Å². The largest absolute Gasteiger partial charge is 0.352 e. The van der Waals surface area contributed by atoms with Gasteiger partial charge >= 0.3 is 0 Å². The molecule has 3 aromatic rings. The Morgan fingerprint density at radius 2 is 1.79 bits per heavy atom. The van der Waals surface area contributed by atoms with Crippen LogP contribution in [0.5, 0.6) is 0 Å². The number of amides is 1. The molecule has 0 saturated carbocycles. The number of para-hydroxylation sites is 1. The quantitative estimate of drug-likeness (QED) is 0.786. The molecule has 0 bridgehead atoms. The van der Waals surface area contributed by atoms with E-state index in [4.69, 9.17) is 0 Å². The van der Waals surface area contributed by atoms with Gasteiger partial charge in [0.1, 0.15) is 0 Å². The summed E-state index contributed by atoms with van der Waals surface area (Å²) in [5.41, 5.74) is 6.03. The first-order valence-corrected chi connectivity index (χ1v) is 8.25. The normalized spacial score (nSPS) is 10.8. The fourth-order valence-electron chi connectivity index (χ4n) is 2.88. The number of carbonyl (C=O) groups is 1. The lowest BCUT2D eigenvalue weighted by molar-refractivity contribution is 0.0955. The van der Waals surface area contributed by atoms with E-state index >= 15 is 0 Å². The van der Waals surface area contributed by atoms with Crippen LogP contribution >= 0.6 is 0 Å². The molecule has 122 valence electrons. The number of nitrogens with one attached hydrogen (secondary N) is 1. The van der Waals surface area contributed by atoms with Gasteiger partial charge in [-0.2, -0.15) is 0 Å². The summed E-state index contributed by atoms with van der Waals surface area (Å²) in [5.74, 6) is -0.0387. The summed E-state index contributed by atoms with van der Waals surface area (Å²) in [6.45, 7) is 6.64. The van der Waals surface area contributed by atoms with E-state index < -0.39 is 0 Å². The second-order valence-corrected chi connectivity index (χ2v) is 6.27. The van der Waals surface area contributed by atoms with Gasteiger partial charge in [-0.3, -0.25) is 9.78 Å². The molecule has 0 aliphatic rings. The zero-order valence-corrected chi connectivity index (χ0v) is 14.4. The maximum Gasteiger partial charge on any atom is 0.252 e. The van der Waals surface area contributed by atoms with E-state index in [0.717, 1.165) is 28.6 Å². The van der Waals surface area contributed by atoms with E-state index in [1.165, 1.54) is 11.1 Å². The lowest BCUT2D eigenvalue weighted by Gasteiger charge is -2.10. The molecule has 0 radical (unpaired) electrons. The van der Waals surface area contributed by atoms with E-state index in [1.807, 2.05) is 38.1 Å². The van der Waals surface area contributed by atoms with Crippen molar-refractivity contribution in [3.05, 3.63) is 76.5 Å². The third-order valence-electron chi connectivity index (χ3n) is 4.23. The predicted octanol–water partition coefficient (Wildman–Crippen LogP) is 4.13. The first-order valence-electron chi connectivity index (χ1n) is 8.25. The minimum absolute atomic E-state index is 0.0387. The van der Waals surface area contributed by atoms with Gasteiger partial charge < -0.3 is 5.32 Å². The van der Waals surface area contributed by atoms with Gasteiger partial charge in [0.05, 0.1) is 11.1 Å². The van der Waals surface area contributed by atoms with E-state index in [1.54, 1.807) is 0 Å². The smallest absolute Gasteiger partial charge is 0.252 e. The van der Waals surface area contributed by atoms with Crippen molar-refractivity contribution in [2.75, 3.05) is 6.54 Å². The predicted molar refractivity (Wildman–Crippen MR) is 98.4 cm³/mol. The lowest BCUT2D eigenvalue weighted by atomic mass is 10.0. The first-order chi connectivity index (χ1) is 11.5. The van der Waals surface area contributed by atoms with Crippen molar-refractivity contribution in [1.82, 2.24) is 10.3 Å². The molecular formula is C21H22N2O. The Kier molecular flexibility index (Phi) is 4.61. The highest BCUT2D eigenvalue weighted by molar-refractivity contribution is 6.06. The Balaban J connectivity index is 1.76. The number of fused-ring (bicyclic) bond motifs is 1. The topological polar surface area (TPSA) is 42.0 Å². The molecule has 24 heavy (non-hydrogen) atoms. The van der Waals surface area contributed by atoms with Gasteiger partial charge in [0, 0.05) is 17.6 Å². The van der Waals surface area contributed by atoms with Crippen molar-refractivity contribution in [3.63, 3.8) is 0 Å². The van der Waals surface area contributed by atoms with Gasteiger partial charge in [-0.15, -0.1) is 0 Å². The highest BCUT2D eigenvalue weighted by Gasteiger charge is 2.12. The van der Waals surface area contributed by atoms with Crippen molar-refractivity contribution in [2.45, 2.75) is 27.2 Å². The number of nitrogens with zero attached hydrogens (tertiary/aromatic N) is 1. The van der Waals surface area contributed by atoms with Crippen molar-refractivity contribution in [3.8, 4) is 0 Å². The molecule has 1 aromatic heterocycles. The molecule has 0 atom stereocenters. The van der Waals surface area contributed by atoms with Crippen LogP contribution in [0.2, 0.25) is 0 Å². The average molecular weight is 318 g/mol. The molecular weight excluding hydrogens is 296 g/mol. The second-order valence-electron chi connectivity index (χ2n) is 6.27. The maximum absolute atomic E-state index is 12.6. The molecule has 0 unspecified atom stereocenters. The minimum atomic E-state index is -0.0387. The number of benzene rings is 2. The molecule has 1 heterocycles. The number of hydrogen-bond acceptors (Lipinski definition) is 2. The second kappa shape index (κ2) is 6.83. The van der Waals surface area contributed by atoms with Crippen LogP contribution in [0, 0.1) is 20.8 Å². The zero-order chi connectivity index (χ0) is 17.1. The molecule has 3 nitrogen and oxygen atoms in total. The number of aryl methyl sites for hydroxylation is 3. The van der Waals surface area contributed by atoms with E-state index in [0.29, 0.717) is 12.1 Å². The molecule has 0 saturated heterocycles. The standard InChI is InChI=1S/C21H22N2O/c1-14-7-9-17(10-8-14)11-12-22-21(24)19-13-16(3)23-20-15(2)5-4-6-18(19)20/h4-10,13H,11-12H2,1-3H3,(H,22,24). The highest BCUT2D eigenvalue weighted by atomic mass is 16.1. The molecule has 1 amide bonds. The van der Waals surface area contributed by atoms with Crippen LogP contribution in [0.3, 0.4) is 0 Å². The fraction of sp³-hybridized carbons (Fsp3) is 0.238. The van der Waals surface area contributed by atoms with Crippen LogP contribution in [-0.4, -0.2) is 17.4 Å². The summed E-state index contributed by atoms with van der Waals surface area (Å²) in [6, 6.07) is 16.2. The van der Waals surface area contributed by atoms with Crippen molar-refractivity contribution in [1.29, 1.82) is 0 Å². The molecule has 0 spiro atoms. The summed E-state index contributed by atoms with van der Waals surface area (Å²) in [5, 5.41) is 3.94. The Hall–Kier alpha value is -2.68. The molecule has 0 aliphatic carbocycles. The maximum atomic E-state index is 12.6. The average Bonchev–Trinajstić information content (AvgIpc) is 2.57. The van der Waals surface area contributed by atoms with Crippen LogP contribution in [0.4, 0.5) is 0 Å². The summed E-state index contributed by atoms with van der Waals surface area (Å²) < 4.78 is 0. The number of aromatic nitrogens is 1. The van der Waals surface area contributed by atoms with E-state index in [9.17, 15) is 4.79 Å². The first kappa shape index (κ1) is 16.2. The Morgan fingerprint density at radius 1 is 1.04 bits per heavy atom. The molecule has 1 N–H and O–H groups in total. The highest BCUT2D eigenvalue weighted by Crippen LogP contribution is 2.21. The Labute approximate surface area is 142 Å². The Morgan fingerprint density at radius 3 is 2.54 bits per heavy atom. The Bertz CT molecular complexity index is 882. The van der Waals surface area contributed by atoms with Crippen molar-refractivity contribution in [2.24, 2.45) is 0 Å². The molecule has 3 rings (SSSR count). The van der Waals surface area contributed by atoms with Gasteiger partial charge in [0.25, 0.3) is 5.91 Å². The van der Waals surface area contributed by atoms with Crippen LogP contribution in [0.25, 0.3) is 10.9 Å². The molecule has 0 fully saturated rings. The zero-order valence-electron chi connectivity index (χ0n) is 14.4. The van der Waals surface area contributed by atoms with Crippen molar-refractivity contribution >= 4 is 16.8 Å². The minimum Gasteiger partial charge on any atom is -0.352 e. The molecule has 2 aromatic carbocycles. The summed E-state index contributed by atoms with van der Waals surface area (Å²) >= 11 is 0. The lowest BCUT2D eigenvalue weighted by Crippen LogP contribution is -2.26. The fourth-order valence-corrected chi connectivity index (χ4v) is 2.88.